The summed E-state index contributed by atoms with van der Waals surface area (Å²) < 4.78 is 5.24. The normalized spacial score (nSPS) is 20.8. The molecule has 0 aromatic carbocycles. The first-order valence-corrected chi connectivity index (χ1v) is 6.37. The van der Waals surface area contributed by atoms with Crippen LogP contribution in [0, 0.1) is 11.8 Å². The van der Waals surface area contributed by atoms with Gasteiger partial charge in [-0.2, -0.15) is 0 Å². The van der Waals surface area contributed by atoms with E-state index < -0.39 is 0 Å². The number of amides is 1. The molecule has 1 unspecified atom stereocenters. The number of ether oxygens (including phenoxy) is 1. The van der Waals surface area contributed by atoms with Crippen LogP contribution in [0.3, 0.4) is 0 Å². The van der Waals surface area contributed by atoms with Crippen molar-refractivity contribution < 1.29 is 9.53 Å². The standard InChI is InChI=1S/C14H23NO2/c1-12(2)6-4-3-5-7-14(16)15-10-13-8-9-17-11-13/h3-5,7,12-13H,6,8-11H2,1-2H3,(H,15,16). The van der Waals surface area contributed by atoms with Gasteiger partial charge in [-0.1, -0.05) is 32.1 Å². The molecule has 1 N–H and O–H groups in total. The summed E-state index contributed by atoms with van der Waals surface area (Å²) in [6, 6.07) is 0. The number of carbonyl (C=O) groups is 1. The van der Waals surface area contributed by atoms with Crippen molar-refractivity contribution in [3.05, 3.63) is 24.3 Å². The molecule has 0 aromatic heterocycles. The molecular weight excluding hydrogens is 214 g/mol. The lowest BCUT2D eigenvalue weighted by molar-refractivity contribution is -0.116. The maximum Gasteiger partial charge on any atom is 0.243 e. The van der Waals surface area contributed by atoms with E-state index in [0.717, 1.165) is 32.6 Å². The van der Waals surface area contributed by atoms with E-state index >= 15 is 0 Å². The molecule has 0 spiro atoms. The van der Waals surface area contributed by atoms with Gasteiger partial charge in [-0.15, -0.1) is 0 Å². The van der Waals surface area contributed by atoms with Gasteiger partial charge in [0.25, 0.3) is 0 Å². The van der Waals surface area contributed by atoms with Crippen LogP contribution in [-0.2, 0) is 9.53 Å². The van der Waals surface area contributed by atoms with E-state index in [0.29, 0.717) is 11.8 Å². The Labute approximate surface area is 104 Å². The van der Waals surface area contributed by atoms with E-state index in [-0.39, 0.29) is 5.91 Å². The molecule has 3 heteroatoms. The van der Waals surface area contributed by atoms with Crippen LogP contribution < -0.4 is 5.32 Å². The monoisotopic (exact) mass is 237 g/mol. The molecule has 1 aliphatic heterocycles. The van der Waals surface area contributed by atoms with Crippen molar-refractivity contribution in [2.24, 2.45) is 11.8 Å². The van der Waals surface area contributed by atoms with E-state index in [1.165, 1.54) is 0 Å². The minimum Gasteiger partial charge on any atom is -0.381 e. The van der Waals surface area contributed by atoms with E-state index in [9.17, 15) is 4.79 Å². The van der Waals surface area contributed by atoms with Crippen LogP contribution in [0.2, 0.25) is 0 Å². The Kier molecular flexibility index (Phi) is 6.63. The van der Waals surface area contributed by atoms with Crippen LogP contribution in [0.1, 0.15) is 26.7 Å². The number of hydrogen-bond donors (Lipinski definition) is 1. The lowest BCUT2D eigenvalue weighted by Crippen LogP contribution is -2.27. The highest BCUT2D eigenvalue weighted by Gasteiger charge is 2.15. The van der Waals surface area contributed by atoms with Crippen LogP contribution >= 0.6 is 0 Å². The summed E-state index contributed by atoms with van der Waals surface area (Å²) >= 11 is 0. The average Bonchev–Trinajstić information content (AvgIpc) is 2.78. The second-order valence-electron chi connectivity index (χ2n) is 4.89. The first-order valence-electron chi connectivity index (χ1n) is 6.37. The Morgan fingerprint density at radius 1 is 1.47 bits per heavy atom. The van der Waals surface area contributed by atoms with Gasteiger partial charge in [-0.3, -0.25) is 4.79 Å². The Morgan fingerprint density at radius 2 is 2.29 bits per heavy atom. The molecule has 1 amide bonds. The number of rotatable bonds is 6. The predicted molar refractivity (Wildman–Crippen MR) is 69.7 cm³/mol. The molecule has 1 fully saturated rings. The van der Waals surface area contributed by atoms with E-state index in [4.69, 9.17) is 4.74 Å². The quantitative estimate of drug-likeness (QED) is 0.568. The van der Waals surface area contributed by atoms with Crippen LogP contribution in [0.25, 0.3) is 0 Å². The third kappa shape index (κ3) is 6.95. The summed E-state index contributed by atoms with van der Waals surface area (Å²) in [5.41, 5.74) is 0. The lowest BCUT2D eigenvalue weighted by atomic mass is 10.1. The van der Waals surface area contributed by atoms with Crippen molar-refractivity contribution >= 4 is 5.91 Å². The summed E-state index contributed by atoms with van der Waals surface area (Å²) in [5.74, 6) is 1.13. The molecule has 17 heavy (non-hydrogen) atoms. The van der Waals surface area contributed by atoms with E-state index in [1.807, 2.05) is 6.08 Å². The van der Waals surface area contributed by atoms with Gasteiger partial charge >= 0.3 is 0 Å². The zero-order valence-electron chi connectivity index (χ0n) is 10.8. The van der Waals surface area contributed by atoms with Crippen molar-refractivity contribution in [1.29, 1.82) is 0 Å². The Bertz CT molecular complexity index is 276. The molecule has 96 valence electrons. The fourth-order valence-corrected chi connectivity index (χ4v) is 1.62. The second-order valence-corrected chi connectivity index (χ2v) is 4.89. The number of hydrogen-bond acceptors (Lipinski definition) is 2. The van der Waals surface area contributed by atoms with Crippen molar-refractivity contribution in [3.63, 3.8) is 0 Å². The van der Waals surface area contributed by atoms with Gasteiger partial charge in [0.15, 0.2) is 0 Å². The topological polar surface area (TPSA) is 38.3 Å². The molecule has 1 saturated heterocycles. The van der Waals surface area contributed by atoms with Crippen LogP contribution in [0.15, 0.2) is 24.3 Å². The zero-order chi connectivity index (χ0) is 12.5. The van der Waals surface area contributed by atoms with Gasteiger partial charge in [0, 0.05) is 25.1 Å². The first kappa shape index (κ1) is 14.0. The van der Waals surface area contributed by atoms with Crippen molar-refractivity contribution in [3.8, 4) is 0 Å². The minimum atomic E-state index is -0.0221. The molecule has 1 rings (SSSR count). The second kappa shape index (κ2) is 8.07. The highest BCUT2D eigenvalue weighted by atomic mass is 16.5. The highest BCUT2D eigenvalue weighted by Crippen LogP contribution is 2.10. The SMILES string of the molecule is CC(C)CC=CC=CC(=O)NCC1CCOC1. The highest BCUT2D eigenvalue weighted by molar-refractivity contribution is 5.87. The number of nitrogens with one attached hydrogen (secondary N) is 1. The minimum absolute atomic E-state index is 0.0221. The molecule has 0 bridgehead atoms. The Hall–Kier alpha value is -1.09. The first-order chi connectivity index (χ1) is 8.18. The molecule has 0 aromatic rings. The molecule has 0 aliphatic carbocycles. The summed E-state index contributed by atoms with van der Waals surface area (Å²) in [6.07, 6.45) is 9.48. The van der Waals surface area contributed by atoms with Gasteiger partial charge in [-0.05, 0) is 18.8 Å². The van der Waals surface area contributed by atoms with Crippen molar-refractivity contribution in [2.75, 3.05) is 19.8 Å². The molecule has 0 radical (unpaired) electrons. The summed E-state index contributed by atoms with van der Waals surface area (Å²) in [4.78, 5) is 11.4. The smallest absolute Gasteiger partial charge is 0.243 e. The van der Waals surface area contributed by atoms with Gasteiger partial charge in [0.05, 0.1) is 6.61 Å². The largest absolute Gasteiger partial charge is 0.381 e. The van der Waals surface area contributed by atoms with Gasteiger partial charge in [0.1, 0.15) is 0 Å². The van der Waals surface area contributed by atoms with Crippen LogP contribution in [-0.4, -0.2) is 25.7 Å². The van der Waals surface area contributed by atoms with E-state index in [1.54, 1.807) is 12.2 Å². The number of allylic oxidation sites excluding steroid dienone is 3. The van der Waals surface area contributed by atoms with E-state index in [2.05, 4.69) is 25.2 Å². The van der Waals surface area contributed by atoms with Crippen LogP contribution in [0.4, 0.5) is 0 Å². The van der Waals surface area contributed by atoms with Gasteiger partial charge in [0.2, 0.25) is 5.91 Å². The van der Waals surface area contributed by atoms with Crippen molar-refractivity contribution in [2.45, 2.75) is 26.7 Å². The molecule has 1 aliphatic rings. The van der Waals surface area contributed by atoms with Crippen LogP contribution in [0.5, 0.6) is 0 Å². The zero-order valence-corrected chi connectivity index (χ0v) is 10.8. The fourth-order valence-electron chi connectivity index (χ4n) is 1.62. The van der Waals surface area contributed by atoms with Gasteiger partial charge in [-0.25, -0.2) is 0 Å². The Balaban J connectivity index is 2.11. The average molecular weight is 237 g/mol. The summed E-state index contributed by atoms with van der Waals surface area (Å²) in [6.45, 7) is 6.67. The summed E-state index contributed by atoms with van der Waals surface area (Å²) in [5, 5.41) is 2.88. The maximum absolute atomic E-state index is 11.4. The third-order valence-electron chi connectivity index (χ3n) is 2.69. The Morgan fingerprint density at radius 3 is 2.94 bits per heavy atom. The lowest BCUT2D eigenvalue weighted by Gasteiger charge is -2.06. The van der Waals surface area contributed by atoms with Crippen molar-refractivity contribution in [1.82, 2.24) is 5.32 Å². The van der Waals surface area contributed by atoms with Gasteiger partial charge < -0.3 is 10.1 Å². The molecule has 3 nitrogen and oxygen atoms in total. The number of carbonyl (C=O) groups excluding carboxylic acids is 1. The molecular formula is C14H23NO2. The third-order valence-corrected chi connectivity index (χ3v) is 2.69. The molecule has 1 atom stereocenters. The molecule has 0 saturated carbocycles. The fraction of sp³-hybridized carbons (Fsp3) is 0.643. The molecule has 1 heterocycles. The predicted octanol–water partition coefficient (Wildman–Crippen LogP) is 2.30. The maximum atomic E-state index is 11.4. The summed E-state index contributed by atoms with van der Waals surface area (Å²) in [7, 11) is 0.